The molecule has 2 aliphatic rings. The number of carbonyl (C=O) groups excluding carboxylic acids is 1. The highest BCUT2D eigenvalue weighted by Gasteiger charge is 2.29. The van der Waals surface area contributed by atoms with Crippen LogP contribution in [0.15, 0.2) is 47.1 Å². The zero-order valence-corrected chi connectivity index (χ0v) is 16.1. The summed E-state index contributed by atoms with van der Waals surface area (Å²) in [6.45, 7) is 3.90. The first-order valence-electron chi connectivity index (χ1n) is 9.98. The average molecular weight is 379 g/mol. The third-order valence-electron chi connectivity index (χ3n) is 5.87. The van der Waals surface area contributed by atoms with E-state index in [0.717, 1.165) is 47.9 Å². The molecule has 146 valence electrons. The zero-order valence-electron chi connectivity index (χ0n) is 16.1. The van der Waals surface area contributed by atoms with Gasteiger partial charge in [-0.25, -0.2) is 0 Å². The van der Waals surface area contributed by atoms with Crippen LogP contribution in [0, 0.1) is 5.92 Å². The second kappa shape index (κ2) is 6.93. The Bertz CT molecular complexity index is 994. The van der Waals surface area contributed by atoms with Crippen LogP contribution in [0.3, 0.4) is 0 Å². The summed E-state index contributed by atoms with van der Waals surface area (Å²) < 4.78 is 13.2. The molecule has 2 aromatic heterocycles. The van der Waals surface area contributed by atoms with Crippen molar-refractivity contribution in [1.82, 2.24) is 9.47 Å². The molecule has 1 saturated heterocycles. The molecule has 0 radical (unpaired) electrons. The van der Waals surface area contributed by atoms with E-state index in [4.69, 9.17) is 9.15 Å². The van der Waals surface area contributed by atoms with E-state index in [-0.39, 0.29) is 5.91 Å². The number of ether oxygens (including phenoxy) is 1. The van der Waals surface area contributed by atoms with Gasteiger partial charge in [0.1, 0.15) is 11.4 Å². The maximum atomic E-state index is 13.3. The number of para-hydroxylation sites is 2. The van der Waals surface area contributed by atoms with Crippen molar-refractivity contribution in [1.29, 1.82) is 0 Å². The van der Waals surface area contributed by atoms with Gasteiger partial charge in [-0.2, -0.15) is 0 Å². The van der Waals surface area contributed by atoms with Crippen molar-refractivity contribution < 1.29 is 13.9 Å². The van der Waals surface area contributed by atoms with Crippen LogP contribution in [-0.4, -0.2) is 48.7 Å². The van der Waals surface area contributed by atoms with Crippen molar-refractivity contribution in [3.8, 4) is 5.75 Å². The molecule has 1 aliphatic carbocycles. The van der Waals surface area contributed by atoms with Crippen molar-refractivity contribution in [2.45, 2.75) is 19.4 Å². The lowest BCUT2D eigenvalue weighted by Crippen LogP contribution is -2.49. The summed E-state index contributed by atoms with van der Waals surface area (Å²) in [4.78, 5) is 17.5. The number of aromatic nitrogens is 1. The molecule has 1 saturated carbocycles. The van der Waals surface area contributed by atoms with E-state index >= 15 is 0 Å². The first-order valence-corrected chi connectivity index (χ1v) is 9.98. The minimum absolute atomic E-state index is 0.103. The molecule has 0 N–H and O–H groups in total. The summed E-state index contributed by atoms with van der Waals surface area (Å²) in [6.07, 6.45) is 4.21. The Balaban J connectivity index is 1.33. The highest BCUT2D eigenvalue weighted by molar-refractivity contribution is 5.97. The normalized spacial score (nSPS) is 17.3. The molecule has 3 aromatic rings. The summed E-state index contributed by atoms with van der Waals surface area (Å²) in [7, 11) is 1.70. The molecule has 6 nitrogen and oxygen atoms in total. The summed E-state index contributed by atoms with van der Waals surface area (Å²) in [6, 6.07) is 11.9. The molecule has 28 heavy (non-hydrogen) atoms. The molecule has 3 heterocycles. The number of furan rings is 1. The molecule has 0 spiro atoms. The van der Waals surface area contributed by atoms with Crippen LogP contribution in [0.5, 0.6) is 5.75 Å². The Morgan fingerprint density at radius 2 is 1.93 bits per heavy atom. The molecule has 0 bridgehead atoms. The van der Waals surface area contributed by atoms with Gasteiger partial charge in [0.2, 0.25) is 0 Å². The molecule has 0 atom stereocenters. The third kappa shape index (κ3) is 3.03. The molecular weight excluding hydrogens is 354 g/mol. The summed E-state index contributed by atoms with van der Waals surface area (Å²) >= 11 is 0. The van der Waals surface area contributed by atoms with Gasteiger partial charge in [0.25, 0.3) is 5.91 Å². The van der Waals surface area contributed by atoms with Crippen LogP contribution in [0.4, 0.5) is 5.69 Å². The lowest BCUT2D eigenvalue weighted by Gasteiger charge is -2.36. The predicted molar refractivity (Wildman–Crippen MR) is 108 cm³/mol. The topological polar surface area (TPSA) is 50.9 Å². The van der Waals surface area contributed by atoms with Crippen LogP contribution in [-0.2, 0) is 6.54 Å². The van der Waals surface area contributed by atoms with Gasteiger partial charge in [-0.15, -0.1) is 0 Å². The minimum Gasteiger partial charge on any atom is -0.495 e. The summed E-state index contributed by atoms with van der Waals surface area (Å²) in [5, 5.41) is 0. The van der Waals surface area contributed by atoms with E-state index in [2.05, 4.69) is 15.5 Å². The molecule has 1 aromatic carbocycles. The number of benzene rings is 1. The fourth-order valence-corrected chi connectivity index (χ4v) is 4.11. The largest absolute Gasteiger partial charge is 0.495 e. The molecule has 1 aliphatic heterocycles. The average Bonchev–Trinajstić information content (AvgIpc) is 3.33. The number of anilines is 1. The van der Waals surface area contributed by atoms with E-state index < -0.39 is 0 Å². The first kappa shape index (κ1) is 17.2. The van der Waals surface area contributed by atoms with E-state index in [9.17, 15) is 4.79 Å². The molecule has 6 heteroatoms. The highest BCUT2D eigenvalue weighted by atomic mass is 16.5. The van der Waals surface area contributed by atoms with E-state index in [1.807, 2.05) is 35.2 Å². The lowest BCUT2D eigenvalue weighted by atomic mass is 10.2. The first-order chi connectivity index (χ1) is 13.7. The summed E-state index contributed by atoms with van der Waals surface area (Å²) in [5.41, 5.74) is 3.68. The number of amides is 1. The number of methoxy groups -OCH3 is 1. The van der Waals surface area contributed by atoms with Crippen LogP contribution in [0.25, 0.3) is 11.1 Å². The Hall–Kier alpha value is -2.89. The Morgan fingerprint density at radius 1 is 1.14 bits per heavy atom. The van der Waals surface area contributed by atoms with E-state index in [1.54, 1.807) is 13.4 Å². The van der Waals surface area contributed by atoms with Gasteiger partial charge < -0.3 is 23.5 Å². The van der Waals surface area contributed by atoms with Crippen molar-refractivity contribution in [2.24, 2.45) is 5.92 Å². The lowest BCUT2D eigenvalue weighted by molar-refractivity contribution is 0.0736. The highest BCUT2D eigenvalue weighted by Crippen LogP contribution is 2.34. The van der Waals surface area contributed by atoms with Crippen LogP contribution in [0.2, 0.25) is 0 Å². The van der Waals surface area contributed by atoms with Crippen molar-refractivity contribution in [3.63, 3.8) is 0 Å². The van der Waals surface area contributed by atoms with Gasteiger partial charge >= 0.3 is 0 Å². The molecule has 0 unspecified atom stereocenters. The minimum atomic E-state index is 0.103. The molecule has 2 fully saturated rings. The number of carbonyl (C=O) groups is 1. The number of nitrogens with zero attached hydrogens (tertiary/aromatic N) is 3. The van der Waals surface area contributed by atoms with Crippen molar-refractivity contribution in [2.75, 3.05) is 38.2 Å². The Kier molecular flexibility index (Phi) is 4.26. The Morgan fingerprint density at radius 3 is 2.68 bits per heavy atom. The second-order valence-corrected chi connectivity index (χ2v) is 7.70. The van der Waals surface area contributed by atoms with Crippen molar-refractivity contribution in [3.05, 3.63) is 48.4 Å². The smallest absolute Gasteiger partial charge is 0.270 e. The van der Waals surface area contributed by atoms with E-state index in [1.165, 1.54) is 12.8 Å². The van der Waals surface area contributed by atoms with Crippen LogP contribution >= 0.6 is 0 Å². The molecule has 1 amide bonds. The fraction of sp³-hybridized carbons (Fsp3) is 0.409. The number of piperazine rings is 1. The third-order valence-corrected chi connectivity index (χ3v) is 5.87. The van der Waals surface area contributed by atoms with Crippen LogP contribution < -0.4 is 9.64 Å². The van der Waals surface area contributed by atoms with Crippen molar-refractivity contribution >= 4 is 22.7 Å². The predicted octanol–water partition coefficient (Wildman–Crippen LogP) is 3.62. The summed E-state index contributed by atoms with van der Waals surface area (Å²) in [5.74, 6) is 1.67. The van der Waals surface area contributed by atoms with Gasteiger partial charge in [-0.3, -0.25) is 4.79 Å². The SMILES string of the molecule is COc1ccccc1N1CCN(C(=O)c2cc3occc3n2CC2CC2)CC1. The molecular formula is C22H25N3O3. The quantitative estimate of drug-likeness (QED) is 0.679. The fourth-order valence-electron chi connectivity index (χ4n) is 4.11. The van der Waals surface area contributed by atoms with E-state index in [0.29, 0.717) is 19.0 Å². The number of hydrogen-bond acceptors (Lipinski definition) is 4. The molecule has 5 rings (SSSR count). The maximum Gasteiger partial charge on any atom is 0.270 e. The van der Waals surface area contributed by atoms with Gasteiger partial charge in [0.05, 0.1) is 24.6 Å². The Labute approximate surface area is 164 Å². The standard InChI is InChI=1S/C22H25N3O3/c1-27-20-5-3-2-4-17(20)23-9-11-24(12-10-23)22(26)19-14-21-18(8-13-28-21)25(19)15-16-6-7-16/h2-5,8,13-14,16H,6-7,9-12,15H2,1H3. The number of fused-ring (bicyclic) bond motifs is 1. The van der Waals surface area contributed by atoms with Crippen LogP contribution in [0.1, 0.15) is 23.3 Å². The maximum absolute atomic E-state index is 13.3. The second-order valence-electron chi connectivity index (χ2n) is 7.70. The van der Waals surface area contributed by atoms with Gasteiger partial charge in [0, 0.05) is 44.9 Å². The zero-order chi connectivity index (χ0) is 19.1. The van der Waals surface area contributed by atoms with Gasteiger partial charge in [-0.1, -0.05) is 12.1 Å². The van der Waals surface area contributed by atoms with Gasteiger partial charge in [-0.05, 0) is 30.9 Å². The number of rotatable bonds is 5. The van der Waals surface area contributed by atoms with Gasteiger partial charge in [0.15, 0.2) is 5.58 Å². The number of hydrogen-bond donors (Lipinski definition) is 0. The monoisotopic (exact) mass is 379 g/mol.